The molecule has 1 spiro atoms. The first-order valence-corrected chi connectivity index (χ1v) is 14.3. The highest BCUT2D eigenvalue weighted by Crippen LogP contribution is 2.48. The van der Waals surface area contributed by atoms with Crippen molar-refractivity contribution in [3.8, 4) is 34.7 Å². The van der Waals surface area contributed by atoms with E-state index in [1.54, 1.807) is 23.1 Å². The molecule has 37 heavy (non-hydrogen) atoms. The van der Waals surface area contributed by atoms with Gasteiger partial charge in [0, 0.05) is 35.9 Å². The topological polar surface area (TPSA) is 126 Å². The Morgan fingerprint density at radius 1 is 1.27 bits per heavy atom. The number of rotatable bonds is 6. The van der Waals surface area contributed by atoms with E-state index in [-0.39, 0.29) is 17.4 Å². The molecule has 0 N–H and O–H groups in total. The smallest absolute Gasteiger partial charge is 0.258 e. The largest absolute Gasteiger partial charge is 0.490 e. The predicted molar refractivity (Wildman–Crippen MR) is 137 cm³/mol. The minimum absolute atomic E-state index is 0.0545. The maximum Gasteiger partial charge on any atom is 0.258 e. The van der Waals surface area contributed by atoms with Gasteiger partial charge in [-0.2, -0.15) is 10.2 Å². The molecule has 1 fully saturated rings. The van der Waals surface area contributed by atoms with Crippen LogP contribution in [0.3, 0.4) is 0 Å². The predicted octanol–water partition coefficient (Wildman–Crippen LogP) is 3.52. The first kappa shape index (κ1) is 25.0. The highest BCUT2D eigenvalue weighted by atomic mass is 32.2. The molecule has 1 saturated heterocycles. The molecule has 1 amide bonds. The van der Waals surface area contributed by atoms with E-state index in [0.717, 1.165) is 42.2 Å². The fourth-order valence-electron chi connectivity index (χ4n) is 5.44. The molecule has 1 aliphatic carbocycles. The Hall–Kier alpha value is -3.71. The molecule has 3 aromatic rings. The molecule has 0 saturated carbocycles. The minimum atomic E-state index is -3.38. The Bertz CT molecular complexity index is 1520. The molecule has 5 rings (SSSR count). The minimum Gasteiger partial charge on any atom is -0.490 e. The van der Waals surface area contributed by atoms with Gasteiger partial charge in [-0.3, -0.25) is 4.79 Å². The number of benzene rings is 2. The number of carbonyl (C=O) groups is 1. The van der Waals surface area contributed by atoms with Gasteiger partial charge in [-0.05, 0) is 62.4 Å². The summed E-state index contributed by atoms with van der Waals surface area (Å²) in [6.45, 7) is 4.86. The maximum absolute atomic E-state index is 12.5. The van der Waals surface area contributed by atoms with Crippen molar-refractivity contribution >= 4 is 15.7 Å². The molecule has 1 aliphatic heterocycles. The first-order chi connectivity index (χ1) is 17.6. The lowest BCUT2D eigenvalue weighted by atomic mass is 9.81. The van der Waals surface area contributed by atoms with E-state index < -0.39 is 15.6 Å². The summed E-state index contributed by atoms with van der Waals surface area (Å²) >= 11 is 0. The van der Waals surface area contributed by atoms with Crippen molar-refractivity contribution in [3.05, 3.63) is 53.1 Å². The zero-order chi connectivity index (χ0) is 26.4. The number of hydrogen-bond acceptors (Lipinski definition) is 8. The van der Waals surface area contributed by atoms with Crippen molar-refractivity contribution in [3.63, 3.8) is 0 Å². The van der Waals surface area contributed by atoms with Gasteiger partial charge >= 0.3 is 0 Å². The van der Waals surface area contributed by atoms with Crippen LogP contribution in [0, 0.1) is 11.3 Å². The quantitative estimate of drug-likeness (QED) is 0.483. The third-order valence-corrected chi connectivity index (χ3v) is 7.84. The van der Waals surface area contributed by atoms with Crippen molar-refractivity contribution in [1.82, 2.24) is 15.0 Å². The normalized spacial score (nSPS) is 18.8. The van der Waals surface area contributed by atoms with Crippen LogP contribution in [0.25, 0.3) is 22.8 Å². The van der Waals surface area contributed by atoms with E-state index in [9.17, 15) is 18.5 Å². The van der Waals surface area contributed by atoms with Crippen LogP contribution in [0.4, 0.5) is 0 Å². The fourth-order valence-corrected chi connectivity index (χ4v) is 6.07. The van der Waals surface area contributed by atoms with Gasteiger partial charge in [0.25, 0.3) is 5.89 Å². The maximum atomic E-state index is 12.5. The van der Waals surface area contributed by atoms with E-state index in [2.05, 4.69) is 22.3 Å². The number of hydrogen-bond donors (Lipinski definition) is 0. The van der Waals surface area contributed by atoms with Crippen LogP contribution >= 0.6 is 0 Å². The van der Waals surface area contributed by atoms with Gasteiger partial charge in [-0.15, -0.1) is 0 Å². The Kier molecular flexibility index (Phi) is 6.28. The van der Waals surface area contributed by atoms with Crippen molar-refractivity contribution in [2.24, 2.45) is 0 Å². The molecule has 192 valence electrons. The summed E-state index contributed by atoms with van der Waals surface area (Å²) < 4.78 is 34.5. The van der Waals surface area contributed by atoms with Crippen LogP contribution in [0.15, 0.2) is 40.9 Å². The molecule has 1 aromatic heterocycles. The Balaban J connectivity index is 1.42. The molecule has 10 heteroatoms. The lowest BCUT2D eigenvalue weighted by molar-refractivity contribution is -0.127. The Morgan fingerprint density at radius 3 is 2.81 bits per heavy atom. The van der Waals surface area contributed by atoms with Gasteiger partial charge in [0.1, 0.15) is 17.6 Å². The van der Waals surface area contributed by atoms with Gasteiger partial charge in [0.2, 0.25) is 11.7 Å². The van der Waals surface area contributed by atoms with E-state index in [1.165, 1.54) is 0 Å². The molecule has 1 unspecified atom stereocenters. The van der Waals surface area contributed by atoms with E-state index in [1.807, 2.05) is 26.0 Å². The zero-order valence-electron chi connectivity index (χ0n) is 21.0. The SMILES string of the molecule is CC(C)Oc1ccc(-c2nc(-c3cccc4c3CCC43CCN(C(=O)CS(C)(=O)=O)C3)no2)cc1C#N. The number of ether oxygens (including phenoxy) is 1. The van der Waals surface area contributed by atoms with Gasteiger partial charge in [0.05, 0.1) is 11.7 Å². The molecule has 2 heterocycles. The van der Waals surface area contributed by atoms with Crippen LogP contribution in [-0.4, -0.2) is 60.6 Å². The second kappa shape index (κ2) is 9.30. The second-order valence-electron chi connectivity index (χ2n) is 10.2. The lowest BCUT2D eigenvalue weighted by Gasteiger charge is -2.25. The van der Waals surface area contributed by atoms with Crippen LogP contribution in [-0.2, 0) is 26.5 Å². The standard InChI is InChI=1S/C27H28N4O5S/c1-17(2)35-23-8-7-18(13-19(23)14-28)26-29-25(30-36-26)21-5-4-6-22-20(21)9-10-27(22)11-12-31(16-27)24(32)15-37(3,33)34/h4-8,13,17H,9-12,15-16H2,1-3H3. The van der Waals surface area contributed by atoms with E-state index >= 15 is 0 Å². The molecular weight excluding hydrogens is 492 g/mol. The highest BCUT2D eigenvalue weighted by Gasteiger charge is 2.46. The number of carbonyl (C=O) groups excluding carboxylic acids is 1. The molecule has 0 radical (unpaired) electrons. The number of nitrogens with zero attached hydrogens (tertiary/aromatic N) is 4. The van der Waals surface area contributed by atoms with E-state index in [4.69, 9.17) is 9.26 Å². The van der Waals surface area contributed by atoms with Crippen LogP contribution in [0.5, 0.6) is 5.75 Å². The van der Waals surface area contributed by atoms with Crippen LogP contribution in [0.1, 0.15) is 43.4 Å². The number of aromatic nitrogens is 2. The molecule has 1 atom stereocenters. The molecular formula is C27H28N4O5S. The number of sulfone groups is 1. The summed E-state index contributed by atoms with van der Waals surface area (Å²) in [6.07, 6.45) is 3.50. The molecule has 2 aliphatic rings. The van der Waals surface area contributed by atoms with Gasteiger partial charge in [0.15, 0.2) is 9.84 Å². The number of likely N-dealkylation sites (tertiary alicyclic amines) is 1. The Labute approximate surface area is 216 Å². The molecule has 9 nitrogen and oxygen atoms in total. The average Bonchev–Trinajstić information content (AvgIpc) is 3.58. The van der Waals surface area contributed by atoms with Gasteiger partial charge < -0.3 is 14.2 Å². The number of amides is 1. The zero-order valence-corrected chi connectivity index (χ0v) is 21.8. The van der Waals surface area contributed by atoms with Crippen LogP contribution in [0.2, 0.25) is 0 Å². The van der Waals surface area contributed by atoms with Gasteiger partial charge in [-0.25, -0.2) is 8.42 Å². The monoisotopic (exact) mass is 520 g/mol. The Morgan fingerprint density at radius 2 is 2.08 bits per heavy atom. The van der Waals surface area contributed by atoms with Gasteiger partial charge in [-0.1, -0.05) is 23.4 Å². The van der Waals surface area contributed by atoms with Crippen molar-refractivity contribution in [2.45, 2.75) is 44.6 Å². The summed E-state index contributed by atoms with van der Waals surface area (Å²) in [5.74, 6) is 0.486. The van der Waals surface area contributed by atoms with Crippen molar-refractivity contribution in [2.75, 3.05) is 25.1 Å². The summed E-state index contributed by atoms with van der Waals surface area (Å²) in [5.41, 5.74) is 4.00. The molecule has 0 bridgehead atoms. The summed E-state index contributed by atoms with van der Waals surface area (Å²) in [5, 5.41) is 13.8. The van der Waals surface area contributed by atoms with Crippen molar-refractivity contribution < 1.29 is 22.5 Å². The summed E-state index contributed by atoms with van der Waals surface area (Å²) in [7, 11) is -3.38. The highest BCUT2D eigenvalue weighted by molar-refractivity contribution is 7.91. The summed E-state index contributed by atoms with van der Waals surface area (Å²) in [4.78, 5) is 18.9. The van der Waals surface area contributed by atoms with Crippen LogP contribution < -0.4 is 4.74 Å². The summed E-state index contributed by atoms with van der Waals surface area (Å²) in [6, 6.07) is 13.4. The first-order valence-electron chi connectivity index (χ1n) is 12.2. The third-order valence-electron chi connectivity index (χ3n) is 7.07. The van der Waals surface area contributed by atoms with E-state index in [0.29, 0.717) is 41.7 Å². The lowest BCUT2D eigenvalue weighted by Crippen LogP contribution is -2.36. The number of fused-ring (bicyclic) bond motifs is 2. The average molecular weight is 521 g/mol. The third kappa shape index (κ3) is 4.83. The van der Waals surface area contributed by atoms with Crippen molar-refractivity contribution in [1.29, 1.82) is 5.26 Å². The molecule has 2 aromatic carbocycles. The number of nitriles is 1. The second-order valence-corrected chi connectivity index (χ2v) is 12.3. The fraction of sp³-hybridized carbons (Fsp3) is 0.407.